The number of nitrogens with zero attached hydrogens (tertiary/aromatic N) is 3. The summed E-state index contributed by atoms with van der Waals surface area (Å²) in [6.45, 7) is 7.79. The molecule has 1 amide bonds. The number of amides is 1. The van der Waals surface area contributed by atoms with Gasteiger partial charge in [0.25, 0.3) is 5.91 Å². The highest BCUT2D eigenvalue weighted by molar-refractivity contribution is 7.15. The third-order valence-electron chi connectivity index (χ3n) is 4.67. The molecule has 0 saturated carbocycles. The first-order valence-electron chi connectivity index (χ1n) is 8.72. The smallest absolute Gasteiger partial charge is 0.257 e. The molecule has 1 aliphatic rings. The van der Waals surface area contributed by atoms with Crippen LogP contribution in [0.5, 0.6) is 0 Å². The molecule has 6 heteroatoms. The molecule has 0 bridgehead atoms. The molecule has 1 fully saturated rings. The van der Waals surface area contributed by atoms with Crippen LogP contribution in [-0.2, 0) is 4.74 Å². The maximum atomic E-state index is 13.4. The first kappa shape index (κ1) is 18.2. The van der Waals surface area contributed by atoms with E-state index in [9.17, 15) is 4.79 Å². The van der Waals surface area contributed by atoms with Gasteiger partial charge in [-0.05, 0) is 45.6 Å². The summed E-state index contributed by atoms with van der Waals surface area (Å²) in [5.74, 6) is 0.469. The monoisotopic (exact) mass is 361 g/mol. The van der Waals surface area contributed by atoms with Gasteiger partial charge in [-0.1, -0.05) is 0 Å². The van der Waals surface area contributed by atoms with Crippen LogP contribution in [0.15, 0.2) is 24.5 Å². The van der Waals surface area contributed by atoms with E-state index in [1.165, 1.54) is 4.88 Å². The lowest BCUT2D eigenvalue weighted by Crippen LogP contribution is -2.39. The Kier molecular flexibility index (Phi) is 5.61. The predicted molar refractivity (Wildman–Crippen MR) is 102 cm³/mol. The highest BCUT2D eigenvalue weighted by Gasteiger charge is 2.28. The highest BCUT2D eigenvalue weighted by Crippen LogP contribution is 2.32. The van der Waals surface area contributed by atoms with Crippen molar-refractivity contribution < 1.29 is 9.53 Å². The largest absolute Gasteiger partial charge is 0.379 e. The number of rotatable bonds is 4. The van der Waals surface area contributed by atoms with Gasteiger partial charge in [0.2, 0.25) is 0 Å². The molecule has 0 aliphatic carbocycles. The number of carbonyl (C=O) groups excluding carboxylic acids is 1. The van der Waals surface area contributed by atoms with Crippen LogP contribution in [0.3, 0.4) is 0 Å². The molecule has 2 aromatic heterocycles. The summed E-state index contributed by atoms with van der Waals surface area (Å²) in [6, 6.07) is 3.98. The predicted octanol–water partition coefficient (Wildman–Crippen LogP) is 2.81. The van der Waals surface area contributed by atoms with E-state index in [-0.39, 0.29) is 5.91 Å². The SMILES string of the molecule is Cc1sc(-n2cccc2)c(C(=O)N2CCOC[C@H](CN(C)C)C2)c1C. The molecule has 25 heavy (non-hydrogen) atoms. The van der Waals surface area contributed by atoms with E-state index < -0.39 is 0 Å². The minimum atomic E-state index is 0.125. The standard InChI is InChI=1S/C19H27N3O2S/c1-14-15(2)25-19(21-7-5-6-8-21)17(14)18(23)22-9-10-24-13-16(12-22)11-20(3)4/h5-8,16H,9-13H2,1-4H3/t16-/m1/s1. The molecule has 3 heterocycles. The fourth-order valence-corrected chi connectivity index (χ4v) is 4.48. The van der Waals surface area contributed by atoms with Crippen molar-refractivity contribution in [2.45, 2.75) is 13.8 Å². The molecule has 1 aliphatic heterocycles. The van der Waals surface area contributed by atoms with Crippen molar-refractivity contribution in [3.8, 4) is 5.00 Å². The van der Waals surface area contributed by atoms with Crippen LogP contribution >= 0.6 is 11.3 Å². The second-order valence-corrected chi connectivity index (χ2v) is 8.21. The molecule has 2 aromatic rings. The second-order valence-electron chi connectivity index (χ2n) is 7.01. The van der Waals surface area contributed by atoms with E-state index in [2.05, 4.69) is 32.8 Å². The first-order valence-corrected chi connectivity index (χ1v) is 9.54. The van der Waals surface area contributed by atoms with Crippen molar-refractivity contribution in [2.24, 2.45) is 5.92 Å². The van der Waals surface area contributed by atoms with Gasteiger partial charge in [-0.25, -0.2) is 0 Å². The third kappa shape index (κ3) is 3.97. The summed E-state index contributed by atoms with van der Waals surface area (Å²) in [4.78, 5) is 18.7. The first-order chi connectivity index (χ1) is 12.0. The lowest BCUT2D eigenvalue weighted by atomic mass is 10.1. The van der Waals surface area contributed by atoms with E-state index in [4.69, 9.17) is 4.74 Å². The molecule has 0 spiro atoms. The molecule has 136 valence electrons. The van der Waals surface area contributed by atoms with E-state index >= 15 is 0 Å². The van der Waals surface area contributed by atoms with Crippen LogP contribution < -0.4 is 0 Å². The molecule has 0 unspecified atom stereocenters. The Bertz CT molecular complexity index is 721. The Morgan fingerprint density at radius 3 is 2.72 bits per heavy atom. The third-order valence-corrected chi connectivity index (χ3v) is 5.89. The molecule has 1 saturated heterocycles. The maximum absolute atomic E-state index is 13.4. The lowest BCUT2D eigenvalue weighted by Gasteiger charge is -2.26. The van der Waals surface area contributed by atoms with Crippen molar-refractivity contribution in [1.29, 1.82) is 0 Å². The van der Waals surface area contributed by atoms with Crippen LogP contribution in [0.25, 0.3) is 5.00 Å². The van der Waals surface area contributed by atoms with E-state index in [1.54, 1.807) is 11.3 Å². The Balaban J connectivity index is 1.89. The summed E-state index contributed by atoms with van der Waals surface area (Å²) in [6.07, 6.45) is 4.00. The summed E-state index contributed by atoms with van der Waals surface area (Å²) >= 11 is 1.68. The van der Waals surface area contributed by atoms with Gasteiger partial charge in [0, 0.05) is 42.8 Å². The topological polar surface area (TPSA) is 37.7 Å². The molecular formula is C19H27N3O2S. The average Bonchev–Trinajstić information content (AvgIpc) is 3.11. The molecule has 0 aromatic carbocycles. The second kappa shape index (κ2) is 7.72. The number of carbonyl (C=O) groups is 1. The van der Waals surface area contributed by atoms with E-state index in [0.717, 1.165) is 29.2 Å². The van der Waals surface area contributed by atoms with Crippen LogP contribution in [-0.4, -0.2) is 67.2 Å². The van der Waals surface area contributed by atoms with Gasteiger partial charge in [0.05, 0.1) is 18.8 Å². The van der Waals surface area contributed by atoms with E-state index in [1.807, 2.05) is 34.0 Å². The Morgan fingerprint density at radius 2 is 2.04 bits per heavy atom. The number of aryl methyl sites for hydroxylation is 1. The summed E-state index contributed by atoms with van der Waals surface area (Å²) in [5.41, 5.74) is 1.93. The summed E-state index contributed by atoms with van der Waals surface area (Å²) < 4.78 is 7.78. The fourth-order valence-electron chi connectivity index (χ4n) is 3.36. The summed E-state index contributed by atoms with van der Waals surface area (Å²) in [5, 5.41) is 1.01. The zero-order valence-corrected chi connectivity index (χ0v) is 16.3. The van der Waals surface area contributed by atoms with Crippen LogP contribution in [0.4, 0.5) is 0 Å². The fraction of sp³-hybridized carbons (Fsp3) is 0.526. The van der Waals surface area contributed by atoms with Crippen molar-refractivity contribution in [1.82, 2.24) is 14.4 Å². The van der Waals surface area contributed by atoms with Gasteiger partial charge in [-0.3, -0.25) is 4.79 Å². The summed E-state index contributed by atoms with van der Waals surface area (Å²) in [7, 11) is 4.13. The van der Waals surface area contributed by atoms with E-state index in [0.29, 0.717) is 25.7 Å². The van der Waals surface area contributed by atoms with Crippen LogP contribution in [0, 0.1) is 19.8 Å². The number of ether oxygens (including phenoxy) is 1. The van der Waals surface area contributed by atoms with Crippen molar-refractivity contribution in [3.05, 3.63) is 40.5 Å². The molecule has 1 atom stereocenters. The molecule has 3 rings (SSSR count). The number of hydrogen-bond donors (Lipinski definition) is 0. The van der Waals surface area contributed by atoms with Gasteiger partial charge in [0.15, 0.2) is 0 Å². The minimum absolute atomic E-state index is 0.125. The Labute approximate surface area is 153 Å². The van der Waals surface area contributed by atoms with Gasteiger partial charge < -0.3 is 19.1 Å². The van der Waals surface area contributed by atoms with Gasteiger partial charge in [-0.2, -0.15) is 0 Å². The Hall–Kier alpha value is -1.63. The highest BCUT2D eigenvalue weighted by atomic mass is 32.1. The van der Waals surface area contributed by atoms with Crippen LogP contribution in [0.1, 0.15) is 20.8 Å². The minimum Gasteiger partial charge on any atom is -0.379 e. The van der Waals surface area contributed by atoms with Gasteiger partial charge in [0.1, 0.15) is 5.00 Å². The maximum Gasteiger partial charge on any atom is 0.257 e. The quantitative estimate of drug-likeness (QED) is 0.840. The number of aromatic nitrogens is 1. The molecule has 0 radical (unpaired) electrons. The van der Waals surface area contributed by atoms with Crippen molar-refractivity contribution in [2.75, 3.05) is 46.9 Å². The van der Waals surface area contributed by atoms with Crippen molar-refractivity contribution >= 4 is 17.2 Å². The van der Waals surface area contributed by atoms with Crippen molar-refractivity contribution in [3.63, 3.8) is 0 Å². The molecular weight excluding hydrogens is 334 g/mol. The lowest BCUT2D eigenvalue weighted by molar-refractivity contribution is 0.0735. The Morgan fingerprint density at radius 1 is 1.32 bits per heavy atom. The van der Waals surface area contributed by atoms with Crippen LogP contribution in [0.2, 0.25) is 0 Å². The molecule has 0 N–H and O–H groups in total. The zero-order valence-electron chi connectivity index (χ0n) is 15.5. The number of hydrogen-bond acceptors (Lipinski definition) is 4. The number of thiophene rings is 1. The van der Waals surface area contributed by atoms with Gasteiger partial charge >= 0.3 is 0 Å². The molecule has 5 nitrogen and oxygen atoms in total. The average molecular weight is 362 g/mol. The normalized spacial score (nSPS) is 18.6. The zero-order chi connectivity index (χ0) is 18.0. The van der Waals surface area contributed by atoms with Gasteiger partial charge in [-0.15, -0.1) is 11.3 Å².